The smallest absolute Gasteiger partial charge is 0.416 e. The molecular weight excluding hydrogens is 575 g/mol. The predicted molar refractivity (Wildman–Crippen MR) is 161 cm³/mol. The Kier molecular flexibility index (Phi) is 11.2. The SMILES string of the molecule is CC(C)(C)N.CC=CC=CC(=O)N1CCc2ccc(OCCc3nc(-c4ccc(C(F)(F)F)cc4)oc3C)cc2C1C(=O)O. The Balaban J connectivity index is 0.000000978. The largest absolute Gasteiger partial charge is 0.493 e. The van der Waals surface area contributed by atoms with Crippen LogP contribution in [0.25, 0.3) is 11.5 Å². The van der Waals surface area contributed by atoms with Gasteiger partial charge in [0.15, 0.2) is 6.04 Å². The van der Waals surface area contributed by atoms with E-state index < -0.39 is 23.8 Å². The number of nitrogens with two attached hydrogens (primary N) is 1. The molecule has 0 aliphatic carbocycles. The second-order valence-corrected chi connectivity index (χ2v) is 11.3. The zero-order valence-corrected chi connectivity index (χ0v) is 25.4. The van der Waals surface area contributed by atoms with Crippen LogP contribution in [-0.2, 0) is 28.6 Å². The van der Waals surface area contributed by atoms with Crippen LogP contribution >= 0.6 is 0 Å². The second-order valence-electron chi connectivity index (χ2n) is 11.3. The van der Waals surface area contributed by atoms with E-state index >= 15 is 0 Å². The zero-order chi connectivity index (χ0) is 32.7. The quantitative estimate of drug-likeness (QED) is 0.215. The highest BCUT2D eigenvalue weighted by Gasteiger charge is 2.35. The number of benzene rings is 2. The zero-order valence-electron chi connectivity index (χ0n) is 25.4. The number of rotatable bonds is 8. The van der Waals surface area contributed by atoms with Gasteiger partial charge in [-0.1, -0.05) is 24.3 Å². The molecule has 1 aromatic heterocycles. The van der Waals surface area contributed by atoms with E-state index in [4.69, 9.17) is 14.9 Å². The number of oxazole rings is 1. The lowest BCUT2D eigenvalue weighted by Crippen LogP contribution is -2.42. The topological polar surface area (TPSA) is 119 Å². The highest BCUT2D eigenvalue weighted by atomic mass is 19.4. The van der Waals surface area contributed by atoms with Crippen LogP contribution in [0, 0.1) is 6.92 Å². The maximum Gasteiger partial charge on any atom is 0.416 e. The van der Waals surface area contributed by atoms with Crippen molar-refractivity contribution in [3.8, 4) is 17.2 Å². The van der Waals surface area contributed by atoms with E-state index in [1.54, 1.807) is 37.3 Å². The summed E-state index contributed by atoms with van der Waals surface area (Å²) in [5.41, 5.74) is 6.96. The van der Waals surface area contributed by atoms with Crippen molar-refractivity contribution in [1.29, 1.82) is 0 Å². The first-order valence-corrected chi connectivity index (χ1v) is 14.1. The molecular formula is C33H38F3N3O5. The van der Waals surface area contributed by atoms with E-state index in [1.165, 1.54) is 23.1 Å². The lowest BCUT2D eigenvalue weighted by Gasteiger charge is -2.34. The van der Waals surface area contributed by atoms with Gasteiger partial charge in [-0.25, -0.2) is 9.78 Å². The molecule has 3 aromatic rings. The summed E-state index contributed by atoms with van der Waals surface area (Å²) in [5, 5.41) is 9.93. The third-order valence-corrected chi connectivity index (χ3v) is 6.36. The minimum Gasteiger partial charge on any atom is -0.493 e. The van der Waals surface area contributed by atoms with Gasteiger partial charge in [0.1, 0.15) is 11.5 Å². The van der Waals surface area contributed by atoms with Gasteiger partial charge in [-0.3, -0.25) is 4.79 Å². The summed E-state index contributed by atoms with van der Waals surface area (Å²) in [6, 6.07) is 8.65. The molecule has 2 aromatic carbocycles. The number of nitrogens with zero attached hydrogens (tertiary/aromatic N) is 2. The van der Waals surface area contributed by atoms with E-state index in [9.17, 15) is 27.9 Å². The second kappa shape index (κ2) is 14.4. The molecule has 0 saturated heterocycles. The van der Waals surface area contributed by atoms with Crippen molar-refractivity contribution in [2.24, 2.45) is 5.73 Å². The van der Waals surface area contributed by atoms with Gasteiger partial charge >= 0.3 is 12.1 Å². The summed E-state index contributed by atoms with van der Waals surface area (Å²) < 4.78 is 50.0. The maximum atomic E-state index is 12.8. The first-order chi connectivity index (χ1) is 20.6. The van der Waals surface area contributed by atoms with E-state index in [0.29, 0.717) is 41.2 Å². The molecule has 0 bridgehead atoms. The van der Waals surface area contributed by atoms with Crippen LogP contribution in [0.3, 0.4) is 0 Å². The number of ether oxygens (including phenoxy) is 1. The van der Waals surface area contributed by atoms with Crippen molar-refractivity contribution in [3.63, 3.8) is 0 Å². The molecule has 1 aliphatic rings. The van der Waals surface area contributed by atoms with Crippen molar-refractivity contribution in [2.75, 3.05) is 13.2 Å². The van der Waals surface area contributed by atoms with Gasteiger partial charge in [0, 0.05) is 30.1 Å². The number of hydrogen-bond donors (Lipinski definition) is 2. The first kappa shape index (κ1) is 34.1. The Bertz CT molecular complexity index is 1500. The summed E-state index contributed by atoms with van der Waals surface area (Å²) in [7, 11) is 0. The Morgan fingerprint density at radius 2 is 1.80 bits per heavy atom. The minimum absolute atomic E-state index is 0. The van der Waals surface area contributed by atoms with Crippen LogP contribution in [0.4, 0.5) is 13.2 Å². The van der Waals surface area contributed by atoms with E-state index in [0.717, 1.165) is 17.7 Å². The summed E-state index contributed by atoms with van der Waals surface area (Å²) in [6.45, 7) is 9.91. The van der Waals surface area contributed by atoms with Crippen LogP contribution in [-0.4, -0.2) is 45.6 Å². The van der Waals surface area contributed by atoms with Crippen LogP contribution in [0.2, 0.25) is 0 Å². The fraction of sp³-hybridized carbons (Fsp3) is 0.364. The number of aromatic nitrogens is 1. The predicted octanol–water partition coefficient (Wildman–Crippen LogP) is 6.68. The molecule has 8 nitrogen and oxygen atoms in total. The molecule has 236 valence electrons. The fourth-order valence-electron chi connectivity index (χ4n) is 4.38. The van der Waals surface area contributed by atoms with Gasteiger partial charge in [0.05, 0.1) is 17.9 Å². The summed E-state index contributed by atoms with van der Waals surface area (Å²) in [6.07, 6.45) is 2.84. The number of hydrogen-bond acceptors (Lipinski definition) is 6. The van der Waals surface area contributed by atoms with Gasteiger partial charge in [0.25, 0.3) is 0 Å². The number of fused-ring (bicyclic) bond motifs is 1. The molecule has 0 radical (unpaired) electrons. The molecule has 1 unspecified atom stereocenters. The molecule has 0 saturated carbocycles. The molecule has 3 N–H and O–H groups in total. The third kappa shape index (κ3) is 9.57. The molecule has 11 heteroatoms. The Morgan fingerprint density at radius 1 is 1.14 bits per heavy atom. The molecule has 1 aliphatic heterocycles. The van der Waals surface area contributed by atoms with Crippen LogP contribution in [0.5, 0.6) is 5.75 Å². The minimum atomic E-state index is -4.42. The molecule has 44 heavy (non-hydrogen) atoms. The molecule has 2 heterocycles. The summed E-state index contributed by atoms with van der Waals surface area (Å²) in [4.78, 5) is 30.5. The van der Waals surface area contributed by atoms with Crippen molar-refractivity contribution in [1.82, 2.24) is 9.88 Å². The number of carbonyl (C=O) groups excluding carboxylic acids is 1. The average molecular weight is 614 g/mol. The number of carbonyl (C=O) groups is 2. The first-order valence-electron chi connectivity index (χ1n) is 14.1. The number of allylic oxidation sites excluding steroid dienone is 3. The van der Waals surface area contributed by atoms with Crippen molar-refractivity contribution in [2.45, 2.75) is 65.2 Å². The van der Waals surface area contributed by atoms with Crippen LogP contribution < -0.4 is 10.5 Å². The van der Waals surface area contributed by atoms with E-state index in [-0.39, 0.29) is 30.5 Å². The number of aliphatic carboxylic acids is 1. The van der Waals surface area contributed by atoms with Gasteiger partial charge < -0.3 is 24.9 Å². The number of carboxylic acids is 1. The van der Waals surface area contributed by atoms with E-state index in [1.807, 2.05) is 33.8 Å². The lowest BCUT2D eigenvalue weighted by atomic mass is 9.92. The fourth-order valence-corrected chi connectivity index (χ4v) is 4.38. The molecule has 0 fully saturated rings. The Morgan fingerprint density at radius 3 is 2.39 bits per heavy atom. The van der Waals surface area contributed by atoms with Gasteiger partial charge in [0.2, 0.25) is 11.8 Å². The van der Waals surface area contributed by atoms with Crippen molar-refractivity contribution in [3.05, 3.63) is 94.9 Å². The molecule has 1 amide bonds. The normalized spacial score (nSPS) is 15.2. The summed E-state index contributed by atoms with van der Waals surface area (Å²) >= 11 is 0. The van der Waals surface area contributed by atoms with Crippen LogP contribution in [0.1, 0.15) is 61.9 Å². The highest BCUT2D eigenvalue weighted by molar-refractivity contribution is 5.92. The summed E-state index contributed by atoms with van der Waals surface area (Å²) in [5.74, 6) is -0.340. The number of carboxylic acid groups (broad SMARTS) is 1. The Labute approximate surface area is 255 Å². The number of aryl methyl sites for hydroxylation is 1. The van der Waals surface area contributed by atoms with E-state index in [2.05, 4.69) is 4.98 Å². The standard InChI is InChI=1S/C29H27F3N2O5.C4H11N/c1-3-4-5-6-25(35)34-15-13-19-9-12-22(17-23(19)26(34)28(36)37)38-16-14-24-18(2)39-27(33-24)20-7-10-21(11-8-20)29(30,31)32;1-4(2,3)5/h3-12,17,26H,13-16H2,1-2H3,(H,36,37);5H2,1-3H3. The van der Waals surface area contributed by atoms with Gasteiger partial charge in [-0.2, -0.15) is 13.2 Å². The third-order valence-electron chi connectivity index (χ3n) is 6.36. The highest BCUT2D eigenvalue weighted by Crippen LogP contribution is 2.34. The number of halogens is 3. The Hall–Kier alpha value is -4.38. The maximum absolute atomic E-state index is 12.8. The lowest BCUT2D eigenvalue weighted by molar-refractivity contribution is -0.149. The molecule has 1 atom stereocenters. The van der Waals surface area contributed by atoms with Gasteiger partial charge in [-0.05, 0) is 88.6 Å². The average Bonchev–Trinajstić information content (AvgIpc) is 3.31. The monoisotopic (exact) mass is 613 g/mol. The number of alkyl halides is 3. The number of amides is 1. The molecule has 4 rings (SSSR count). The van der Waals surface area contributed by atoms with Crippen molar-refractivity contribution < 1.29 is 37.0 Å². The van der Waals surface area contributed by atoms with Gasteiger partial charge in [-0.15, -0.1) is 0 Å². The van der Waals surface area contributed by atoms with Crippen molar-refractivity contribution >= 4 is 11.9 Å². The molecule has 0 spiro atoms. The van der Waals surface area contributed by atoms with Crippen LogP contribution in [0.15, 0.2) is 71.2 Å².